The molecule has 0 aromatic carbocycles. The summed E-state index contributed by atoms with van der Waals surface area (Å²) in [5, 5.41) is 3.34. The fourth-order valence-corrected chi connectivity index (χ4v) is 2.09. The molecule has 0 aromatic rings. The molecule has 2 fully saturated rings. The molecular weight excluding hydrogens is 208 g/mol. The minimum Gasteiger partial charge on any atom is -0.378 e. The van der Waals surface area contributed by atoms with Gasteiger partial charge in [0, 0.05) is 19.1 Å². The zero-order valence-corrected chi connectivity index (χ0v) is 9.61. The van der Waals surface area contributed by atoms with E-state index in [1.165, 1.54) is 6.42 Å². The molecule has 5 heteroatoms. The van der Waals surface area contributed by atoms with Gasteiger partial charge in [0.25, 0.3) is 0 Å². The molecule has 1 amide bonds. The fourth-order valence-electron chi connectivity index (χ4n) is 2.09. The highest BCUT2D eigenvalue weighted by atomic mass is 16.5. The van der Waals surface area contributed by atoms with E-state index in [9.17, 15) is 4.79 Å². The van der Waals surface area contributed by atoms with Gasteiger partial charge in [-0.25, -0.2) is 0 Å². The maximum atomic E-state index is 11.7. The number of nitrogens with one attached hydrogen (secondary N) is 1. The summed E-state index contributed by atoms with van der Waals surface area (Å²) < 4.78 is 10.6. The van der Waals surface area contributed by atoms with Gasteiger partial charge in [0.1, 0.15) is 6.61 Å². The highest BCUT2D eigenvalue weighted by Crippen LogP contribution is 2.05. The number of rotatable bonds is 4. The molecular formula is C11H20N2O3. The molecule has 0 radical (unpaired) electrons. The van der Waals surface area contributed by atoms with Crippen molar-refractivity contribution in [2.24, 2.45) is 0 Å². The van der Waals surface area contributed by atoms with Crippen molar-refractivity contribution in [3.05, 3.63) is 0 Å². The molecule has 0 saturated carbocycles. The van der Waals surface area contributed by atoms with Crippen LogP contribution in [0.1, 0.15) is 12.8 Å². The molecule has 5 nitrogen and oxygen atoms in total. The van der Waals surface area contributed by atoms with Gasteiger partial charge in [0.15, 0.2) is 0 Å². The summed E-state index contributed by atoms with van der Waals surface area (Å²) in [6.45, 7) is 4.62. The summed E-state index contributed by atoms with van der Waals surface area (Å²) in [6.07, 6.45) is 2.37. The molecule has 2 aliphatic heterocycles. The second-order valence-corrected chi connectivity index (χ2v) is 4.30. The third kappa shape index (κ3) is 3.43. The Morgan fingerprint density at radius 1 is 1.44 bits per heavy atom. The van der Waals surface area contributed by atoms with E-state index in [-0.39, 0.29) is 12.5 Å². The van der Waals surface area contributed by atoms with Gasteiger partial charge >= 0.3 is 0 Å². The molecule has 16 heavy (non-hydrogen) atoms. The van der Waals surface area contributed by atoms with Crippen molar-refractivity contribution in [1.82, 2.24) is 10.2 Å². The van der Waals surface area contributed by atoms with Gasteiger partial charge in [-0.3, -0.25) is 4.79 Å². The van der Waals surface area contributed by atoms with Crippen molar-refractivity contribution in [2.75, 3.05) is 46.1 Å². The zero-order valence-electron chi connectivity index (χ0n) is 9.61. The quantitative estimate of drug-likeness (QED) is 0.712. The largest absolute Gasteiger partial charge is 0.378 e. The molecule has 1 atom stereocenters. The van der Waals surface area contributed by atoms with Crippen LogP contribution in [0, 0.1) is 0 Å². The first kappa shape index (κ1) is 11.8. The lowest BCUT2D eigenvalue weighted by molar-refractivity contribution is -0.140. The van der Waals surface area contributed by atoms with Crippen LogP contribution in [0.2, 0.25) is 0 Å². The third-order valence-corrected chi connectivity index (χ3v) is 3.07. The van der Waals surface area contributed by atoms with Crippen LogP contribution in [0.15, 0.2) is 0 Å². The summed E-state index contributed by atoms with van der Waals surface area (Å²) in [5.41, 5.74) is 0. The van der Waals surface area contributed by atoms with E-state index in [0.717, 1.165) is 13.0 Å². The van der Waals surface area contributed by atoms with E-state index in [1.807, 2.05) is 4.90 Å². The lowest BCUT2D eigenvalue weighted by Crippen LogP contribution is -2.43. The highest BCUT2D eigenvalue weighted by molar-refractivity contribution is 5.77. The van der Waals surface area contributed by atoms with Crippen LogP contribution in [0.3, 0.4) is 0 Å². The molecule has 0 aromatic heterocycles. The number of carbonyl (C=O) groups is 1. The van der Waals surface area contributed by atoms with Crippen LogP contribution in [0.5, 0.6) is 0 Å². The van der Waals surface area contributed by atoms with Crippen molar-refractivity contribution in [3.8, 4) is 0 Å². The van der Waals surface area contributed by atoms with Crippen LogP contribution in [-0.4, -0.2) is 62.9 Å². The molecule has 2 saturated heterocycles. The van der Waals surface area contributed by atoms with E-state index < -0.39 is 0 Å². The number of morpholine rings is 1. The van der Waals surface area contributed by atoms with Crippen molar-refractivity contribution < 1.29 is 14.3 Å². The zero-order chi connectivity index (χ0) is 11.2. The topological polar surface area (TPSA) is 50.8 Å². The normalized spacial score (nSPS) is 26.0. The average molecular weight is 228 g/mol. The van der Waals surface area contributed by atoms with Crippen LogP contribution in [0.25, 0.3) is 0 Å². The molecule has 0 spiro atoms. The number of carbonyl (C=O) groups excluding carboxylic acids is 1. The van der Waals surface area contributed by atoms with E-state index in [2.05, 4.69) is 5.32 Å². The smallest absolute Gasteiger partial charge is 0.248 e. The summed E-state index contributed by atoms with van der Waals surface area (Å²) in [4.78, 5) is 13.5. The van der Waals surface area contributed by atoms with Gasteiger partial charge in [-0.2, -0.15) is 0 Å². The Morgan fingerprint density at radius 3 is 2.94 bits per heavy atom. The minimum atomic E-state index is 0.0845. The molecule has 1 unspecified atom stereocenters. The summed E-state index contributed by atoms with van der Waals surface area (Å²) in [6, 6.07) is 0.442. The Morgan fingerprint density at radius 2 is 2.25 bits per heavy atom. The van der Waals surface area contributed by atoms with Crippen LogP contribution in [0.4, 0.5) is 0 Å². The van der Waals surface area contributed by atoms with Crippen molar-refractivity contribution in [3.63, 3.8) is 0 Å². The predicted molar refractivity (Wildman–Crippen MR) is 59.2 cm³/mol. The second-order valence-electron chi connectivity index (χ2n) is 4.30. The molecule has 1 N–H and O–H groups in total. The molecule has 0 bridgehead atoms. The number of ether oxygens (including phenoxy) is 2. The summed E-state index contributed by atoms with van der Waals surface area (Å²) >= 11 is 0. The Hall–Kier alpha value is -0.650. The fraction of sp³-hybridized carbons (Fsp3) is 0.909. The first-order valence-electron chi connectivity index (χ1n) is 6.03. The highest BCUT2D eigenvalue weighted by Gasteiger charge is 2.18. The van der Waals surface area contributed by atoms with Crippen LogP contribution < -0.4 is 5.32 Å². The van der Waals surface area contributed by atoms with E-state index in [4.69, 9.17) is 9.47 Å². The lowest BCUT2D eigenvalue weighted by atomic mass is 10.2. The third-order valence-electron chi connectivity index (χ3n) is 3.07. The van der Waals surface area contributed by atoms with Crippen LogP contribution in [-0.2, 0) is 14.3 Å². The maximum Gasteiger partial charge on any atom is 0.248 e. The van der Waals surface area contributed by atoms with E-state index in [1.54, 1.807) is 0 Å². The summed E-state index contributed by atoms with van der Waals surface area (Å²) in [7, 11) is 0. The molecule has 92 valence electrons. The molecule has 2 heterocycles. The number of hydrogen-bond donors (Lipinski definition) is 1. The minimum absolute atomic E-state index is 0.0845. The lowest BCUT2D eigenvalue weighted by Gasteiger charge is -2.26. The van der Waals surface area contributed by atoms with E-state index >= 15 is 0 Å². The van der Waals surface area contributed by atoms with Gasteiger partial charge < -0.3 is 19.7 Å². The number of hydrogen-bond acceptors (Lipinski definition) is 4. The first-order chi connectivity index (χ1) is 7.86. The maximum absolute atomic E-state index is 11.7. The van der Waals surface area contributed by atoms with Gasteiger partial charge in [0.2, 0.25) is 5.91 Å². The average Bonchev–Trinajstić information content (AvgIpc) is 2.83. The monoisotopic (exact) mass is 228 g/mol. The Balaban J connectivity index is 1.59. The second kappa shape index (κ2) is 6.18. The standard InChI is InChI=1S/C11H20N2O3/c14-11(13-4-6-15-7-5-13)9-16-8-10-2-1-3-12-10/h10,12H,1-9H2. The Bertz CT molecular complexity index is 223. The predicted octanol–water partition coefficient (Wildman–Crippen LogP) is -0.386. The van der Waals surface area contributed by atoms with Crippen molar-refractivity contribution >= 4 is 5.91 Å². The number of amides is 1. The summed E-state index contributed by atoms with van der Waals surface area (Å²) in [5.74, 6) is 0.0845. The van der Waals surface area contributed by atoms with Gasteiger partial charge in [-0.05, 0) is 19.4 Å². The van der Waals surface area contributed by atoms with Crippen LogP contribution >= 0.6 is 0 Å². The Labute approximate surface area is 96.1 Å². The molecule has 0 aliphatic carbocycles. The number of nitrogens with zero attached hydrogens (tertiary/aromatic N) is 1. The molecule has 2 aliphatic rings. The molecule has 2 rings (SSSR count). The van der Waals surface area contributed by atoms with Crippen molar-refractivity contribution in [1.29, 1.82) is 0 Å². The van der Waals surface area contributed by atoms with Gasteiger partial charge in [0.05, 0.1) is 19.8 Å². The van der Waals surface area contributed by atoms with Crippen molar-refractivity contribution in [2.45, 2.75) is 18.9 Å². The van der Waals surface area contributed by atoms with Gasteiger partial charge in [-0.1, -0.05) is 0 Å². The SMILES string of the molecule is O=C(COCC1CCCN1)N1CCOCC1. The Kier molecular flexibility index (Phi) is 4.56. The first-order valence-corrected chi connectivity index (χ1v) is 6.03. The van der Waals surface area contributed by atoms with Gasteiger partial charge in [-0.15, -0.1) is 0 Å². The van der Waals surface area contributed by atoms with E-state index in [0.29, 0.717) is 39.0 Å².